The van der Waals surface area contributed by atoms with Crippen LogP contribution < -0.4 is 10.1 Å². The summed E-state index contributed by atoms with van der Waals surface area (Å²) in [6.45, 7) is 5.33. The third-order valence-electron chi connectivity index (χ3n) is 5.04. The number of ether oxygens (including phenoxy) is 2. The molecule has 1 aliphatic heterocycles. The van der Waals surface area contributed by atoms with Gasteiger partial charge in [0.25, 0.3) is 0 Å². The number of nitrogens with zero attached hydrogens (tertiary/aromatic N) is 4. The molecule has 1 amide bonds. The Hall–Kier alpha value is -2.98. The summed E-state index contributed by atoms with van der Waals surface area (Å²) >= 11 is 0. The first-order valence-corrected chi connectivity index (χ1v) is 9.83. The van der Waals surface area contributed by atoms with Gasteiger partial charge in [-0.05, 0) is 24.6 Å². The first kappa shape index (κ1) is 21.7. The third kappa shape index (κ3) is 5.77. The van der Waals surface area contributed by atoms with Crippen molar-refractivity contribution in [3.8, 4) is 5.75 Å². The molecule has 30 heavy (non-hydrogen) atoms. The average molecular weight is 417 g/mol. The number of carboxylic acid groups (broad SMARTS) is 1. The lowest BCUT2D eigenvalue weighted by Gasteiger charge is -2.25. The van der Waals surface area contributed by atoms with E-state index in [9.17, 15) is 14.7 Å². The Morgan fingerprint density at radius 2 is 1.97 bits per heavy atom. The van der Waals surface area contributed by atoms with Gasteiger partial charge in [-0.15, -0.1) is 5.10 Å². The lowest BCUT2D eigenvalue weighted by Crippen LogP contribution is -2.45. The number of carbonyl (C=O) groups excluding carboxylic acids is 1. The van der Waals surface area contributed by atoms with Gasteiger partial charge >= 0.3 is 5.97 Å². The van der Waals surface area contributed by atoms with Gasteiger partial charge in [-0.2, -0.15) is 0 Å². The first-order chi connectivity index (χ1) is 14.5. The fourth-order valence-electron chi connectivity index (χ4n) is 3.17. The smallest absolute Gasteiger partial charge is 0.326 e. The van der Waals surface area contributed by atoms with Crippen molar-refractivity contribution in [3.63, 3.8) is 0 Å². The second-order valence-electron chi connectivity index (χ2n) is 7.21. The molecule has 1 aromatic heterocycles. The van der Waals surface area contributed by atoms with E-state index in [2.05, 4.69) is 20.5 Å². The van der Waals surface area contributed by atoms with Crippen LogP contribution in [0.25, 0.3) is 0 Å². The second kappa shape index (κ2) is 10.2. The van der Waals surface area contributed by atoms with Crippen LogP contribution in [0.3, 0.4) is 0 Å². The largest absolute Gasteiger partial charge is 0.497 e. The highest BCUT2D eigenvalue weighted by Gasteiger charge is 2.25. The molecule has 0 bridgehead atoms. The monoisotopic (exact) mass is 417 g/mol. The van der Waals surface area contributed by atoms with Gasteiger partial charge in [0.05, 0.1) is 32.2 Å². The van der Waals surface area contributed by atoms with Gasteiger partial charge in [0.1, 0.15) is 17.8 Å². The standard InChI is InChI=1S/C20H27N5O5/c1-14(25-13-16(22-23-25)12-24-7-9-30-10-8-24)19(26)21-18(20(27)28)11-15-3-5-17(29-2)6-4-15/h3-6,13-14,18H,7-12H2,1-2H3,(H,21,26)(H,27,28)/t14-,18-/m0/s1. The molecular formula is C20H27N5O5. The molecule has 0 saturated carbocycles. The van der Waals surface area contributed by atoms with Crippen LogP contribution in [0.2, 0.25) is 0 Å². The van der Waals surface area contributed by atoms with E-state index < -0.39 is 24.0 Å². The van der Waals surface area contributed by atoms with Crippen molar-refractivity contribution in [3.05, 3.63) is 41.7 Å². The van der Waals surface area contributed by atoms with E-state index in [1.165, 1.54) is 4.68 Å². The topological polar surface area (TPSA) is 119 Å². The second-order valence-corrected chi connectivity index (χ2v) is 7.21. The van der Waals surface area contributed by atoms with Crippen molar-refractivity contribution in [2.24, 2.45) is 0 Å². The summed E-state index contributed by atoms with van der Waals surface area (Å²) in [4.78, 5) is 26.5. The van der Waals surface area contributed by atoms with Gasteiger partial charge < -0.3 is 19.9 Å². The number of amides is 1. The van der Waals surface area contributed by atoms with E-state index >= 15 is 0 Å². The number of methoxy groups -OCH3 is 1. The number of morpholine rings is 1. The summed E-state index contributed by atoms with van der Waals surface area (Å²) < 4.78 is 11.9. The number of nitrogens with one attached hydrogen (secondary N) is 1. The molecule has 1 fully saturated rings. The Balaban J connectivity index is 1.58. The number of carboxylic acids is 1. The maximum atomic E-state index is 12.6. The molecular weight excluding hydrogens is 390 g/mol. The minimum Gasteiger partial charge on any atom is -0.497 e. The highest BCUT2D eigenvalue weighted by atomic mass is 16.5. The van der Waals surface area contributed by atoms with Crippen molar-refractivity contribution in [2.45, 2.75) is 32.0 Å². The summed E-state index contributed by atoms with van der Waals surface area (Å²) in [7, 11) is 1.56. The number of rotatable bonds is 9. The number of hydrogen-bond donors (Lipinski definition) is 2. The molecule has 2 N–H and O–H groups in total. The van der Waals surface area contributed by atoms with Crippen LogP contribution in [0.1, 0.15) is 24.2 Å². The fraction of sp³-hybridized carbons (Fsp3) is 0.500. The Morgan fingerprint density at radius 1 is 1.27 bits per heavy atom. The fourth-order valence-corrected chi connectivity index (χ4v) is 3.17. The van der Waals surface area contributed by atoms with Crippen LogP contribution in [-0.2, 0) is 27.3 Å². The maximum Gasteiger partial charge on any atom is 0.326 e. The quantitative estimate of drug-likeness (QED) is 0.605. The number of carbonyl (C=O) groups is 2. The van der Waals surface area contributed by atoms with Crippen molar-refractivity contribution in [1.29, 1.82) is 0 Å². The highest BCUT2D eigenvalue weighted by molar-refractivity contribution is 5.85. The zero-order valence-corrected chi connectivity index (χ0v) is 17.2. The molecule has 2 aromatic rings. The lowest BCUT2D eigenvalue weighted by atomic mass is 10.1. The van der Waals surface area contributed by atoms with Crippen LogP contribution in [0.5, 0.6) is 5.75 Å². The molecule has 0 aliphatic carbocycles. The molecule has 1 saturated heterocycles. The molecule has 3 rings (SSSR count). The Kier molecular flexibility index (Phi) is 7.36. The van der Waals surface area contributed by atoms with Crippen LogP contribution in [0, 0.1) is 0 Å². The number of aliphatic carboxylic acids is 1. The minimum atomic E-state index is -1.10. The Labute approximate surface area is 174 Å². The Morgan fingerprint density at radius 3 is 2.60 bits per heavy atom. The van der Waals surface area contributed by atoms with Gasteiger partial charge in [0.2, 0.25) is 5.91 Å². The average Bonchev–Trinajstić information content (AvgIpc) is 3.22. The molecule has 0 radical (unpaired) electrons. The molecule has 1 aromatic carbocycles. The molecule has 2 heterocycles. The highest BCUT2D eigenvalue weighted by Crippen LogP contribution is 2.14. The molecule has 2 atom stereocenters. The van der Waals surface area contributed by atoms with E-state index in [1.54, 1.807) is 44.5 Å². The zero-order valence-electron chi connectivity index (χ0n) is 17.2. The maximum absolute atomic E-state index is 12.6. The van der Waals surface area contributed by atoms with Crippen LogP contribution in [0.4, 0.5) is 0 Å². The predicted molar refractivity (Wildman–Crippen MR) is 107 cm³/mol. The summed E-state index contributed by atoms with van der Waals surface area (Å²) in [6, 6.07) is 5.33. The summed E-state index contributed by atoms with van der Waals surface area (Å²) in [5.41, 5.74) is 1.54. The zero-order chi connectivity index (χ0) is 21.5. The SMILES string of the molecule is COc1ccc(C[C@H](NC(=O)[C@H](C)n2cc(CN3CCOCC3)nn2)C(=O)O)cc1. The number of hydrogen-bond acceptors (Lipinski definition) is 7. The van der Waals surface area contributed by atoms with E-state index in [0.717, 1.165) is 24.3 Å². The van der Waals surface area contributed by atoms with Crippen molar-refractivity contribution in [1.82, 2.24) is 25.2 Å². The van der Waals surface area contributed by atoms with Gasteiger partial charge in [-0.1, -0.05) is 17.3 Å². The van der Waals surface area contributed by atoms with Crippen molar-refractivity contribution >= 4 is 11.9 Å². The van der Waals surface area contributed by atoms with Gasteiger partial charge in [-0.25, -0.2) is 9.48 Å². The number of aromatic nitrogens is 3. The third-order valence-corrected chi connectivity index (χ3v) is 5.04. The number of benzene rings is 1. The van der Waals surface area contributed by atoms with E-state index in [4.69, 9.17) is 9.47 Å². The molecule has 0 spiro atoms. The lowest BCUT2D eigenvalue weighted by molar-refractivity contribution is -0.142. The summed E-state index contributed by atoms with van der Waals surface area (Å²) in [6.07, 6.45) is 1.89. The van der Waals surface area contributed by atoms with E-state index in [1.807, 2.05) is 0 Å². The van der Waals surface area contributed by atoms with Gasteiger partial charge in [0.15, 0.2) is 0 Å². The molecule has 1 aliphatic rings. The molecule has 0 unspecified atom stereocenters. The minimum absolute atomic E-state index is 0.164. The van der Waals surface area contributed by atoms with E-state index in [-0.39, 0.29) is 6.42 Å². The first-order valence-electron chi connectivity index (χ1n) is 9.83. The Bertz CT molecular complexity index is 848. The van der Waals surface area contributed by atoms with Crippen LogP contribution >= 0.6 is 0 Å². The summed E-state index contributed by atoms with van der Waals surface area (Å²) in [5.74, 6) is -0.848. The van der Waals surface area contributed by atoms with Crippen LogP contribution in [0.15, 0.2) is 30.5 Å². The molecule has 10 nitrogen and oxygen atoms in total. The van der Waals surface area contributed by atoms with Crippen molar-refractivity contribution < 1.29 is 24.2 Å². The summed E-state index contributed by atoms with van der Waals surface area (Å²) in [5, 5.41) is 20.3. The normalized spacial score (nSPS) is 16.6. The van der Waals surface area contributed by atoms with Gasteiger partial charge in [-0.3, -0.25) is 9.69 Å². The van der Waals surface area contributed by atoms with E-state index in [0.29, 0.717) is 25.5 Å². The molecule has 10 heteroatoms. The van der Waals surface area contributed by atoms with Gasteiger partial charge in [0, 0.05) is 26.1 Å². The van der Waals surface area contributed by atoms with Crippen LogP contribution in [-0.4, -0.2) is 76.3 Å². The predicted octanol–water partition coefficient (Wildman–Crippen LogP) is 0.492. The van der Waals surface area contributed by atoms with Crippen molar-refractivity contribution in [2.75, 3.05) is 33.4 Å². The molecule has 162 valence electrons.